The van der Waals surface area contributed by atoms with E-state index in [1.807, 2.05) is 0 Å². The van der Waals surface area contributed by atoms with E-state index in [1.165, 1.54) is 164 Å². The first kappa shape index (κ1) is 47.0. The summed E-state index contributed by atoms with van der Waals surface area (Å²) in [5.74, 6) is -4.21. The average molecular weight is 655 g/mol. The maximum absolute atomic E-state index is 10.5. The second kappa shape index (κ2) is 31.1. The monoisotopic (exact) mass is 655 g/mol. The van der Waals surface area contributed by atoms with Crippen molar-refractivity contribution in [2.75, 3.05) is 52.4 Å². The van der Waals surface area contributed by atoms with Gasteiger partial charge in [0.25, 0.3) is 0 Å². The molecule has 1 fully saturated rings. The Kier molecular flexibility index (Phi) is 31.8. The molecule has 0 saturated heterocycles. The molecule has 0 aromatic heterocycles. The molecule has 0 aliphatic heterocycles. The van der Waals surface area contributed by atoms with Crippen LogP contribution in [0.2, 0.25) is 0 Å². The molecule has 0 radical (unpaired) electrons. The van der Waals surface area contributed by atoms with Gasteiger partial charge in [-0.1, -0.05) is 120 Å². The fourth-order valence-electron chi connectivity index (χ4n) is 6.98. The smallest absolute Gasteiger partial charge is 0.0786 e. The molecule has 6 nitrogen and oxygen atoms in total. The summed E-state index contributed by atoms with van der Waals surface area (Å²) in [6.45, 7) is 30.0. The zero-order valence-electron chi connectivity index (χ0n) is 32.5. The number of unbranched alkanes of at least 4 members (excludes halogenated alkanes) is 8. The Labute approximate surface area is 288 Å². The molecule has 0 N–H and O–H groups in total. The number of carbonyl (C=O) groups is 2. The summed E-state index contributed by atoms with van der Waals surface area (Å²) in [7, 11) is 0. The quantitative estimate of drug-likeness (QED) is 0.0879. The molecule has 1 saturated carbocycles. The van der Waals surface area contributed by atoms with Gasteiger partial charge in [-0.2, -0.15) is 0 Å². The Morgan fingerprint density at radius 3 is 0.717 bits per heavy atom. The Bertz CT molecular complexity index is 566. The number of carboxylic acid groups (broad SMARTS) is 2. The number of carboxylic acids is 2. The van der Waals surface area contributed by atoms with Gasteiger partial charge in [0.1, 0.15) is 0 Å². The van der Waals surface area contributed by atoms with E-state index in [1.54, 1.807) is 0 Å². The highest BCUT2D eigenvalue weighted by atomic mass is 16.4. The summed E-state index contributed by atoms with van der Waals surface area (Å²) in [6.07, 6.45) is 24.5. The zero-order chi connectivity index (χ0) is 35.1. The van der Waals surface area contributed by atoms with E-state index < -0.39 is 23.8 Å². The predicted octanol–water partition coefficient (Wildman–Crippen LogP) is 8.30. The summed E-state index contributed by atoms with van der Waals surface area (Å²) in [6, 6.07) is 0. The summed E-state index contributed by atoms with van der Waals surface area (Å²) in [5, 5.41) is 20.9. The molecule has 2 atom stereocenters. The van der Waals surface area contributed by atoms with E-state index in [9.17, 15) is 19.8 Å². The molecule has 0 bridgehead atoms. The van der Waals surface area contributed by atoms with Crippen LogP contribution in [0.25, 0.3) is 0 Å². The van der Waals surface area contributed by atoms with E-state index in [4.69, 9.17) is 0 Å². The molecule has 1 aliphatic carbocycles. The van der Waals surface area contributed by atoms with Crippen LogP contribution in [0, 0.1) is 11.8 Å². The molecule has 6 heteroatoms. The maximum atomic E-state index is 10.5. The van der Waals surface area contributed by atoms with Crippen molar-refractivity contribution >= 4 is 11.9 Å². The lowest BCUT2D eigenvalue weighted by Crippen LogP contribution is -2.50. The molecule has 1 rings (SSSR count). The third-order valence-corrected chi connectivity index (χ3v) is 10.3. The third-order valence-electron chi connectivity index (χ3n) is 10.3. The molecule has 276 valence electrons. The molecule has 0 aromatic rings. The molecule has 0 amide bonds. The number of nitrogens with zero attached hydrogens (tertiary/aromatic N) is 2. The Hall–Kier alpha value is -1.14. The Balaban J connectivity index is 0. The van der Waals surface area contributed by atoms with E-state index in [2.05, 4.69) is 55.4 Å². The van der Waals surface area contributed by atoms with Crippen molar-refractivity contribution in [2.45, 2.75) is 184 Å². The second-order valence-corrected chi connectivity index (χ2v) is 14.4. The average Bonchev–Trinajstić information content (AvgIpc) is 3.07. The standard InChI is InChI=1S/2C16H36N.C8H12O4/c2*1-5-9-13-17(14-10-6-2,15-11-7-3)16-12-8-4;9-7(10)5-3-1-2-4-6(5)8(11)12/h2*5-16H2,1-4H3;5-6H,1-4H2,(H,9,10)(H,11,12)/q2*+1;/p-2. The van der Waals surface area contributed by atoms with Crippen molar-refractivity contribution in [1.29, 1.82) is 0 Å². The van der Waals surface area contributed by atoms with Crippen LogP contribution in [-0.4, -0.2) is 73.3 Å². The fraction of sp³-hybridized carbons (Fsp3) is 0.950. The number of hydrogen-bond acceptors (Lipinski definition) is 4. The van der Waals surface area contributed by atoms with Gasteiger partial charge < -0.3 is 28.8 Å². The van der Waals surface area contributed by atoms with Gasteiger partial charge in [0, 0.05) is 23.8 Å². The molecule has 0 heterocycles. The van der Waals surface area contributed by atoms with Crippen molar-refractivity contribution in [3.63, 3.8) is 0 Å². The summed E-state index contributed by atoms with van der Waals surface area (Å²) in [5.41, 5.74) is 0. The maximum Gasteiger partial charge on any atom is 0.0786 e. The number of rotatable bonds is 26. The SMILES string of the molecule is CCCC[N+](CCCC)(CCCC)CCCC.CCCC[N+](CCCC)(CCCC)CCCC.O=C([O-])C1CCCCC1C(=O)[O-]. The largest absolute Gasteiger partial charge is 0.550 e. The van der Waals surface area contributed by atoms with Crippen molar-refractivity contribution < 1.29 is 28.8 Å². The van der Waals surface area contributed by atoms with Gasteiger partial charge in [0.05, 0.1) is 52.4 Å². The van der Waals surface area contributed by atoms with Gasteiger partial charge in [-0.25, -0.2) is 0 Å². The summed E-state index contributed by atoms with van der Waals surface area (Å²) >= 11 is 0. The van der Waals surface area contributed by atoms with E-state index in [0.717, 1.165) is 12.8 Å². The lowest BCUT2D eigenvalue weighted by Gasteiger charge is -2.39. The number of hydrogen-bond donors (Lipinski definition) is 0. The molecule has 1 aliphatic rings. The summed E-state index contributed by atoms with van der Waals surface area (Å²) < 4.78 is 2.84. The number of carbonyl (C=O) groups excluding carboxylic acids is 2. The van der Waals surface area contributed by atoms with Crippen molar-refractivity contribution in [2.24, 2.45) is 11.8 Å². The summed E-state index contributed by atoms with van der Waals surface area (Å²) in [4.78, 5) is 20.9. The second-order valence-electron chi connectivity index (χ2n) is 14.4. The van der Waals surface area contributed by atoms with Crippen LogP contribution in [0.1, 0.15) is 184 Å². The Morgan fingerprint density at radius 1 is 0.413 bits per heavy atom. The topological polar surface area (TPSA) is 80.3 Å². The van der Waals surface area contributed by atoms with Crippen LogP contribution < -0.4 is 10.2 Å². The van der Waals surface area contributed by atoms with Gasteiger partial charge in [-0.05, 0) is 64.2 Å². The molecular weight excluding hydrogens is 572 g/mol. The van der Waals surface area contributed by atoms with Crippen LogP contribution in [-0.2, 0) is 9.59 Å². The first-order valence-corrected chi connectivity index (χ1v) is 20.2. The normalized spacial score (nSPS) is 16.6. The highest BCUT2D eigenvalue weighted by Gasteiger charge is 2.27. The number of aliphatic carboxylic acids is 2. The van der Waals surface area contributed by atoms with Crippen LogP contribution in [0.3, 0.4) is 0 Å². The van der Waals surface area contributed by atoms with Crippen molar-refractivity contribution in [1.82, 2.24) is 0 Å². The molecular formula is C40H82N2O4. The van der Waals surface area contributed by atoms with Crippen LogP contribution in [0.15, 0.2) is 0 Å². The van der Waals surface area contributed by atoms with Gasteiger partial charge in [0.2, 0.25) is 0 Å². The van der Waals surface area contributed by atoms with E-state index in [0.29, 0.717) is 12.8 Å². The van der Waals surface area contributed by atoms with Gasteiger partial charge in [-0.3, -0.25) is 0 Å². The number of quaternary nitrogens is 2. The lowest BCUT2D eigenvalue weighted by molar-refractivity contribution is -0.929. The lowest BCUT2D eigenvalue weighted by atomic mass is 9.79. The van der Waals surface area contributed by atoms with Gasteiger partial charge >= 0.3 is 0 Å². The predicted molar refractivity (Wildman–Crippen MR) is 194 cm³/mol. The minimum absolute atomic E-state index is 0.404. The third kappa shape index (κ3) is 22.4. The molecule has 2 unspecified atom stereocenters. The molecule has 46 heavy (non-hydrogen) atoms. The molecule has 0 spiro atoms. The minimum atomic E-state index is -1.26. The fourth-order valence-corrected chi connectivity index (χ4v) is 6.98. The van der Waals surface area contributed by atoms with Gasteiger partial charge in [0.15, 0.2) is 0 Å². The van der Waals surface area contributed by atoms with E-state index >= 15 is 0 Å². The van der Waals surface area contributed by atoms with Crippen molar-refractivity contribution in [3.05, 3.63) is 0 Å². The zero-order valence-corrected chi connectivity index (χ0v) is 32.5. The van der Waals surface area contributed by atoms with Gasteiger partial charge in [-0.15, -0.1) is 0 Å². The van der Waals surface area contributed by atoms with E-state index in [-0.39, 0.29) is 0 Å². The Morgan fingerprint density at radius 2 is 0.587 bits per heavy atom. The minimum Gasteiger partial charge on any atom is -0.550 e. The molecule has 0 aromatic carbocycles. The highest BCUT2D eigenvalue weighted by molar-refractivity contribution is 5.77. The van der Waals surface area contributed by atoms with Crippen LogP contribution in [0.5, 0.6) is 0 Å². The van der Waals surface area contributed by atoms with Crippen molar-refractivity contribution in [3.8, 4) is 0 Å². The highest BCUT2D eigenvalue weighted by Crippen LogP contribution is 2.29. The first-order chi connectivity index (χ1) is 22.1. The first-order valence-electron chi connectivity index (χ1n) is 20.2. The van der Waals surface area contributed by atoms with Crippen LogP contribution >= 0.6 is 0 Å². The van der Waals surface area contributed by atoms with Crippen LogP contribution in [0.4, 0.5) is 0 Å².